The SMILES string of the molecule is O=C(O)c1ccoc1COCCC1CCC1. The first-order valence-electron chi connectivity index (χ1n) is 5.65. The molecule has 0 aliphatic heterocycles. The molecule has 0 bridgehead atoms. The van der Waals surface area contributed by atoms with Gasteiger partial charge in [-0.1, -0.05) is 19.3 Å². The van der Waals surface area contributed by atoms with Crippen molar-refractivity contribution in [2.24, 2.45) is 5.92 Å². The van der Waals surface area contributed by atoms with Crippen molar-refractivity contribution in [1.29, 1.82) is 0 Å². The summed E-state index contributed by atoms with van der Waals surface area (Å²) >= 11 is 0. The van der Waals surface area contributed by atoms with Gasteiger partial charge in [-0.2, -0.15) is 0 Å². The zero-order valence-corrected chi connectivity index (χ0v) is 9.15. The van der Waals surface area contributed by atoms with Crippen LogP contribution in [-0.2, 0) is 11.3 Å². The van der Waals surface area contributed by atoms with E-state index < -0.39 is 5.97 Å². The molecule has 0 aromatic carbocycles. The van der Waals surface area contributed by atoms with Crippen molar-refractivity contribution in [3.05, 3.63) is 23.7 Å². The number of hydrogen-bond donors (Lipinski definition) is 1. The molecule has 0 radical (unpaired) electrons. The number of furan rings is 1. The molecule has 0 amide bonds. The first-order chi connectivity index (χ1) is 7.77. The molecular formula is C12H16O4. The predicted octanol–water partition coefficient (Wildman–Crippen LogP) is 2.68. The van der Waals surface area contributed by atoms with Crippen LogP contribution in [0.4, 0.5) is 0 Å². The Morgan fingerprint density at radius 1 is 1.56 bits per heavy atom. The highest BCUT2D eigenvalue weighted by atomic mass is 16.5. The fraction of sp³-hybridized carbons (Fsp3) is 0.583. The fourth-order valence-corrected chi connectivity index (χ4v) is 1.84. The van der Waals surface area contributed by atoms with Gasteiger partial charge in [-0.3, -0.25) is 0 Å². The molecule has 1 aromatic rings. The largest absolute Gasteiger partial charge is 0.478 e. The Labute approximate surface area is 94.2 Å². The number of rotatable bonds is 6. The van der Waals surface area contributed by atoms with Crippen molar-refractivity contribution in [2.45, 2.75) is 32.3 Å². The van der Waals surface area contributed by atoms with Crippen molar-refractivity contribution in [1.82, 2.24) is 0 Å². The van der Waals surface area contributed by atoms with Crippen LogP contribution in [0.1, 0.15) is 41.8 Å². The van der Waals surface area contributed by atoms with E-state index in [0.717, 1.165) is 12.3 Å². The lowest BCUT2D eigenvalue weighted by Crippen LogP contribution is -2.13. The van der Waals surface area contributed by atoms with Crippen LogP contribution >= 0.6 is 0 Å². The maximum atomic E-state index is 10.8. The van der Waals surface area contributed by atoms with Gasteiger partial charge in [0.2, 0.25) is 0 Å². The van der Waals surface area contributed by atoms with Crippen molar-refractivity contribution >= 4 is 5.97 Å². The highest BCUT2D eigenvalue weighted by Crippen LogP contribution is 2.29. The smallest absolute Gasteiger partial charge is 0.339 e. The van der Waals surface area contributed by atoms with Gasteiger partial charge in [0, 0.05) is 6.61 Å². The van der Waals surface area contributed by atoms with Gasteiger partial charge in [-0.15, -0.1) is 0 Å². The summed E-state index contributed by atoms with van der Waals surface area (Å²) in [5.74, 6) is 0.253. The summed E-state index contributed by atoms with van der Waals surface area (Å²) in [6, 6.07) is 1.45. The summed E-state index contributed by atoms with van der Waals surface area (Å²) in [5.41, 5.74) is 0.198. The van der Waals surface area contributed by atoms with E-state index in [-0.39, 0.29) is 12.2 Å². The molecule has 16 heavy (non-hydrogen) atoms. The summed E-state index contributed by atoms with van der Waals surface area (Å²) in [7, 11) is 0. The molecule has 1 aliphatic carbocycles. The summed E-state index contributed by atoms with van der Waals surface area (Å²) in [4.78, 5) is 10.8. The Bertz CT molecular complexity index is 352. The van der Waals surface area contributed by atoms with E-state index in [1.54, 1.807) is 0 Å². The van der Waals surface area contributed by atoms with Crippen LogP contribution in [0.15, 0.2) is 16.7 Å². The Morgan fingerprint density at radius 3 is 3.00 bits per heavy atom. The number of carboxylic acid groups (broad SMARTS) is 1. The van der Waals surface area contributed by atoms with Crippen molar-refractivity contribution in [2.75, 3.05) is 6.61 Å². The van der Waals surface area contributed by atoms with Crippen molar-refractivity contribution in [3.63, 3.8) is 0 Å². The average molecular weight is 224 g/mol. The molecule has 1 N–H and O–H groups in total. The van der Waals surface area contributed by atoms with Gasteiger partial charge in [-0.25, -0.2) is 4.79 Å². The minimum absolute atomic E-state index is 0.198. The van der Waals surface area contributed by atoms with Crippen LogP contribution in [0.2, 0.25) is 0 Å². The Morgan fingerprint density at radius 2 is 2.38 bits per heavy atom. The van der Waals surface area contributed by atoms with Gasteiger partial charge in [0.25, 0.3) is 0 Å². The molecular weight excluding hydrogens is 208 g/mol. The maximum absolute atomic E-state index is 10.8. The van der Waals surface area contributed by atoms with Crippen LogP contribution in [-0.4, -0.2) is 17.7 Å². The molecule has 0 unspecified atom stereocenters. The lowest BCUT2D eigenvalue weighted by Gasteiger charge is -2.24. The predicted molar refractivity (Wildman–Crippen MR) is 57.3 cm³/mol. The number of ether oxygens (including phenoxy) is 1. The van der Waals surface area contributed by atoms with Crippen LogP contribution in [0, 0.1) is 5.92 Å². The molecule has 1 saturated carbocycles. The number of carbonyl (C=O) groups is 1. The van der Waals surface area contributed by atoms with Crippen LogP contribution in [0.3, 0.4) is 0 Å². The average Bonchev–Trinajstić information content (AvgIpc) is 2.62. The van der Waals surface area contributed by atoms with Gasteiger partial charge in [-0.05, 0) is 18.4 Å². The molecule has 1 aliphatic rings. The minimum atomic E-state index is -0.966. The van der Waals surface area contributed by atoms with Crippen molar-refractivity contribution in [3.8, 4) is 0 Å². The van der Waals surface area contributed by atoms with E-state index in [1.807, 2.05) is 0 Å². The van der Waals surface area contributed by atoms with Gasteiger partial charge >= 0.3 is 5.97 Å². The number of aromatic carboxylic acids is 1. The van der Waals surface area contributed by atoms with Crippen LogP contribution < -0.4 is 0 Å². The Hall–Kier alpha value is -1.29. The second-order valence-corrected chi connectivity index (χ2v) is 4.20. The summed E-state index contributed by atoms with van der Waals surface area (Å²) in [6.45, 7) is 0.936. The monoisotopic (exact) mass is 224 g/mol. The van der Waals surface area contributed by atoms with Gasteiger partial charge in [0.15, 0.2) is 0 Å². The highest BCUT2D eigenvalue weighted by molar-refractivity contribution is 5.88. The van der Waals surface area contributed by atoms with Gasteiger partial charge in [0.1, 0.15) is 17.9 Å². The quantitative estimate of drug-likeness (QED) is 0.755. The summed E-state index contributed by atoms with van der Waals surface area (Å²) in [5, 5.41) is 8.83. The third-order valence-electron chi connectivity index (χ3n) is 3.10. The summed E-state index contributed by atoms with van der Waals surface area (Å²) < 4.78 is 10.5. The molecule has 0 spiro atoms. The van der Waals surface area contributed by atoms with Crippen LogP contribution in [0.5, 0.6) is 0 Å². The topological polar surface area (TPSA) is 59.7 Å². The first-order valence-corrected chi connectivity index (χ1v) is 5.65. The molecule has 0 saturated heterocycles. The first kappa shape index (κ1) is 11.2. The van der Waals surface area contributed by atoms with E-state index in [4.69, 9.17) is 14.3 Å². The van der Waals surface area contributed by atoms with E-state index in [9.17, 15) is 4.79 Å². The lowest BCUT2D eigenvalue weighted by molar-refractivity contribution is 0.0663. The van der Waals surface area contributed by atoms with E-state index >= 15 is 0 Å². The molecule has 4 nitrogen and oxygen atoms in total. The zero-order chi connectivity index (χ0) is 11.4. The Balaban J connectivity index is 1.71. The molecule has 88 valence electrons. The molecule has 1 heterocycles. The lowest BCUT2D eigenvalue weighted by atomic mass is 9.83. The van der Waals surface area contributed by atoms with E-state index in [0.29, 0.717) is 12.4 Å². The van der Waals surface area contributed by atoms with E-state index in [1.165, 1.54) is 31.6 Å². The second-order valence-electron chi connectivity index (χ2n) is 4.20. The molecule has 2 rings (SSSR count). The zero-order valence-electron chi connectivity index (χ0n) is 9.15. The van der Waals surface area contributed by atoms with Gasteiger partial charge < -0.3 is 14.3 Å². The molecule has 1 fully saturated rings. The normalized spacial score (nSPS) is 16.0. The number of hydrogen-bond acceptors (Lipinski definition) is 3. The molecule has 1 aromatic heterocycles. The van der Waals surface area contributed by atoms with E-state index in [2.05, 4.69) is 0 Å². The second kappa shape index (κ2) is 5.16. The molecule has 0 atom stereocenters. The summed E-state index contributed by atoms with van der Waals surface area (Å²) in [6.07, 6.45) is 6.41. The standard InChI is InChI=1S/C12H16O4/c13-12(14)10-5-7-16-11(10)8-15-6-4-9-2-1-3-9/h5,7,9H,1-4,6,8H2,(H,13,14). The fourth-order valence-electron chi connectivity index (χ4n) is 1.84. The third kappa shape index (κ3) is 2.64. The third-order valence-corrected chi connectivity index (χ3v) is 3.10. The highest BCUT2D eigenvalue weighted by Gasteiger charge is 2.17. The maximum Gasteiger partial charge on any atom is 0.339 e. The minimum Gasteiger partial charge on any atom is -0.478 e. The Kier molecular flexibility index (Phi) is 3.62. The van der Waals surface area contributed by atoms with Crippen molar-refractivity contribution < 1.29 is 19.1 Å². The van der Waals surface area contributed by atoms with Crippen LogP contribution in [0.25, 0.3) is 0 Å². The molecule has 4 heteroatoms. The number of carboxylic acids is 1. The van der Waals surface area contributed by atoms with Gasteiger partial charge in [0.05, 0.1) is 6.26 Å².